The minimum Gasteiger partial charge on any atom is -0.444 e. The first-order valence-corrected chi connectivity index (χ1v) is 15.6. The Kier molecular flexibility index (Phi) is 11.5. The zero-order valence-electron chi connectivity index (χ0n) is 27.7. The lowest BCUT2D eigenvalue weighted by Gasteiger charge is -2.29. The van der Waals surface area contributed by atoms with Crippen molar-refractivity contribution in [1.29, 1.82) is 0 Å². The van der Waals surface area contributed by atoms with Crippen molar-refractivity contribution in [3.8, 4) is 0 Å². The first kappa shape index (κ1) is 36.0. The predicted molar refractivity (Wildman–Crippen MR) is 173 cm³/mol. The highest BCUT2D eigenvalue weighted by Gasteiger charge is 2.35. The normalized spacial score (nSPS) is 14.6. The number of ether oxygens (including phenoxy) is 2. The molecular formula is C34H42F2N6O6. The molecule has 1 fully saturated rings. The number of imidazole rings is 1. The van der Waals surface area contributed by atoms with E-state index in [1.807, 2.05) is 30.3 Å². The van der Waals surface area contributed by atoms with Crippen LogP contribution in [-0.2, 0) is 30.5 Å². The standard InChI is InChI=1S/C34H42F2N6O6/c1-33(2,3)48-32(46)40-34(4,5)31(45)38-26(20-47-19-22-11-7-6-8-12-22)29(43)39-27-18-42(21-37-27)28(30(44)41-15-9-10-16-41)24-14-13-23(35)17-25(24)36/h6-8,11-14,17-18,21,26,28H,9-10,15-16,19-20H2,1-5H3,(H,38,45)(H,39,43)(H,40,46)/t26-,28?/m1/s1. The zero-order chi connectivity index (χ0) is 35.1. The van der Waals surface area contributed by atoms with Gasteiger partial charge >= 0.3 is 6.09 Å². The average molecular weight is 669 g/mol. The number of halogens is 2. The Morgan fingerprint density at radius 3 is 2.31 bits per heavy atom. The SMILES string of the molecule is CC(C)(C)OC(=O)NC(C)(C)C(=O)N[C@H](COCc1ccccc1)C(=O)Nc1cn(C(C(=O)N2CCCC2)c2ccc(F)cc2F)cn1. The molecule has 0 aliphatic carbocycles. The molecule has 1 aromatic heterocycles. The summed E-state index contributed by atoms with van der Waals surface area (Å²) in [5.41, 5.74) is -1.49. The molecule has 12 nitrogen and oxygen atoms in total. The molecule has 1 aliphatic heterocycles. The lowest BCUT2D eigenvalue weighted by molar-refractivity contribution is -0.132. The summed E-state index contributed by atoms with van der Waals surface area (Å²) in [6, 6.07) is 9.77. The molecular weight excluding hydrogens is 626 g/mol. The van der Waals surface area contributed by atoms with Crippen LogP contribution >= 0.6 is 0 Å². The summed E-state index contributed by atoms with van der Waals surface area (Å²) in [7, 11) is 0. The number of hydrogen-bond acceptors (Lipinski definition) is 7. The van der Waals surface area contributed by atoms with E-state index < -0.39 is 58.7 Å². The fraction of sp³-hybridized carbons (Fsp3) is 0.441. The van der Waals surface area contributed by atoms with Crippen molar-refractivity contribution >= 4 is 29.6 Å². The van der Waals surface area contributed by atoms with Crippen LogP contribution in [0.3, 0.4) is 0 Å². The Labute approximate surface area is 278 Å². The maximum absolute atomic E-state index is 15.0. The van der Waals surface area contributed by atoms with E-state index in [9.17, 15) is 28.0 Å². The molecule has 1 saturated heterocycles. The molecule has 4 rings (SSSR count). The summed E-state index contributed by atoms with van der Waals surface area (Å²) in [6.45, 7) is 8.88. The van der Waals surface area contributed by atoms with Gasteiger partial charge in [-0.25, -0.2) is 18.6 Å². The minimum absolute atomic E-state index is 0.00944. The van der Waals surface area contributed by atoms with Gasteiger partial charge in [0, 0.05) is 30.9 Å². The fourth-order valence-corrected chi connectivity index (χ4v) is 5.02. The Morgan fingerprint density at radius 2 is 1.67 bits per heavy atom. The smallest absolute Gasteiger partial charge is 0.408 e. The Morgan fingerprint density at radius 1 is 0.979 bits per heavy atom. The number of anilines is 1. The van der Waals surface area contributed by atoms with Crippen LogP contribution in [0.4, 0.5) is 19.4 Å². The molecule has 3 aromatic rings. The van der Waals surface area contributed by atoms with E-state index in [0.717, 1.165) is 24.5 Å². The number of rotatable bonds is 12. The number of amides is 4. The molecule has 2 heterocycles. The second-order valence-corrected chi connectivity index (χ2v) is 13.1. The van der Waals surface area contributed by atoms with Crippen molar-refractivity contribution in [2.24, 2.45) is 0 Å². The van der Waals surface area contributed by atoms with E-state index in [-0.39, 0.29) is 24.6 Å². The van der Waals surface area contributed by atoms with Crippen molar-refractivity contribution in [1.82, 2.24) is 25.1 Å². The van der Waals surface area contributed by atoms with Gasteiger partial charge in [0.25, 0.3) is 5.91 Å². The number of hydrogen-bond donors (Lipinski definition) is 3. The molecule has 1 aliphatic rings. The average Bonchev–Trinajstić information content (AvgIpc) is 3.70. The number of aromatic nitrogens is 2. The van der Waals surface area contributed by atoms with Crippen molar-refractivity contribution in [2.75, 3.05) is 25.0 Å². The zero-order valence-corrected chi connectivity index (χ0v) is 27.7. The molecule has 0 radical (unpaired) electrons. The number of benzene rings is 2. The summed E-state index contributed by atoms with van der Waals surface area (Å²) in [6.07, 6.45) is 3.42. The van der Waals surface area contributed by atoms with Gasteiger partial charge in [0.2, 0.25) is 11.8 Å². The van der Waals surface area contributed by atoms with Crippen LogP contribution in [-0.4, -0.2) is 75.1 Å². The molecule has 4 amide bonds. The van der Waals surface area contributed by atoms with Crippen LogP contribution in [0.25, 0.3) is 0 Å². The summed E-state index contributed by atoms with van der Waals surface area (Å²) in [5, 5.41) is 7.76. The van der Waals surface area contributed by atoms with Gasteiger partial charge in [0.15, 0.2) is 5.82 Å². The number of nitrogens with zero attached hydrogens (tertiary/aromatic N) is 3. The van der Waals surface area contributed by atoms with E-state index in [1.165, 1.54) is 37.0 Å². The summed E-state index contributed by atoms with van der Waals surface area (Å²) in [5.74, 6) is -3.46. The monoisotopic (exact) mass is 668 g/mol. The quantitative estimate of drug-likeness (QED) is 0.261. The highest BCUT2D eigenvalue weighted by Crippen LogP contribution is 2.27. The number of carbonyl (C=O) groups is 4. The van der Waals surface area contributed by atoms with E-state index >= 15 is 0 Å². The second kappa shape index (κ2) is 15.4. The van der Waals surface area contributed by atoms with Crippen LogP contribution in [0, 0.1) is 11.6 Å². The van der Waals surface area contributed by atoms with Crippen LogP contribution < -0.4 is 16.0 Å². The third-order valence-corrected chi connectivity index (χ3v) is 7.46. The molecule has 2 atom stereocenters. The molecule has 3 N–H and O–H groups in total. The first-order chi connectivity index (χ1) is 22.6. The maximum Gasteiger partial charge on any atom is 0.408 e. The van der Waals surface area contributed by atoms with Gasteiger partial charge < -0.3 is 34.9 Å². The Bertz CT molecular complexity index is 1600. The molecule has 1 unspecified atom stereocenters. The number of nitrogens with one attached hydrogen (secondary N) is 3. The summed E-state index contributed by atoms with van der Waals surface area (Å²) < 4.78 is 41.1. The van der Waals surface area contributed by atoms with Crippen molar-refractivity contribution < 1.29 is 37.4 Å². The van der Waals surface area contributed by atoms with Crippen LogP contribution in [0.2, 0.25) is 0 Å². The van der Waals surface area contributed by atoms with Crippen LogP contribution in [0.15, 0.2) is 61.1 Å². The number of likely N-dealkylation sites (tertiary alicyclic amines) is 1. The molecule has 2 aromatic carbocycles. The highest BCUT2D eigenvalue weighted by molar-refractivity contribution is 5.98. The van der Waals surface area contributed by atoms with E-state index in [1.54, 1.807) is 25.7 Å². The largest absolute Gasteiger partial charge is 0.444 e. The van der Waals surface area contributed by atoms with Gasteiger partial charge in [0.05, 0.1) is 19.5 Å². The maximum atomic E-state index is 15.0. The molecule has 0 bridgehead atoms. The third-order valence-electron chi connectivity index (χ3n) is 7.46. The second-order valence-electron chi connectivity index (χ2n) is 13.1. The summed E-state index contributed by atoms with van der Waals surface area (Å²) in [4.78, 5) is 58.7. The van der Waals surface area contributed by atoms with Gasteiger partial charge in [-0.05, 0) is 59.1 Å². The molecule has 0 spiro atoms. The lowest BCUT2D eigenvalue weighted by Crippen LogP contribution is -2.59. The number of alkyl carbamates (subject to hydrolysis) is 1. The minimum atomic E-state index is -1.48. The number of carbonyl (C=O) groups excluding carboxylic acids is 4. The lowest BCUT2D eigenvalue weighted by atomic mass is 10.0. The predicted octanol–water partition coefficient (Wildman–Crippen LogP) is 4.32. The van der Waals surface area contributed by atoms with Gasteiger partial charge in [-0.15, -0.1) is 0 Å². The molecule has 14 heteroatoms. The summed E-state index contributed by atoms with van der Waals surface area (Å²) >= 11 is 0. The van der Waals surface area contributed by atoms with E-state index in [4.69, 9.17) is 9.47 Å². The van der Waals surface area contributed by atoms with Crippen LogP contribution in [0.5, 0.6) is 0 Å². The van der Waals surface area contributed by atoms with Gasteiger partial charge in [-0.3, -0.25) is 14.4 Å². The van der Waals surface area contributed by atoms with Gasteiger partial charge in [-0.1, -0.05) is 36.4 Å². The van der Waals surface area contributed by atoms with E-state index in [0.29, 0.717) is 19.2 Å². The molecule has 48 heavy (non-hydrogen) atoms. The van der Waals surface area contributed by atoms with Crippen molar-refractivity contribution in [3.63, 3.8) is 0 Å². The van der Waals surface area contributed by atoms with Gasteiger partial charge in [0.1, 0.15) is 34.9 Å². The van der Waals surface area contributed by atoms with E-state index in [2.05, 4.69) is 20.9 Å². The van der Waals surface area contributed by atoms with Crippen molar-refractivity contribution in [3.05, 3.63) is 83.8 Å². The van der Waals surface area contributed by atoms with Crippen LogP contribution in [0.1, 0.15) is 64.6 Å². The highest BCUT2D eigenvalue weighted by atomic mass is 19.1. The Balaban J connectivity index is 1.53. The third kappa shape index (κ3) is 9.83. The fourth-order valence-electron chi connectivity index (χ4n) is 5.02. The Hall–Kier alpha value is -4.85. The van der Waals surface area contributed by atoms with Gasteiger partial charge in [-0.2, -0.15) is 0 Å². The first-order valence-electron chi connectivity index (χ1n) is 15.6. The molecule has 258 valence electrons. The molecule has 0 saturated carbocycles. The topological polar surface area (TPSA) is 144 Å². The van der Waals surface area contributed by atoms with Crippen molar-refractivity contribution in [2.45, 2.75) is 77.3 Å².